The largest absolute Gasteiger partial charge is 0.481 e. The maximum absolute atomic E-state index is 15.0. The molecule has 1 unspecified atom stereocenters. The number of ether oxygens (including phenoxy) is 1. The first-order chi connectivity index (χ1) is 19.3. The van der Waals surface area contributed by atoms with Crippen molar-refractivity contribution in [1.82, 2.24) is 19.3 Å². The third kappa shape index (κ3) is 5.66. The van der Waals surface area contributed by atoms with Gasteiger partial charge in [0.25, 0.3) is 10.2 Å². The third-order valence-electron chi connectivity index (χ3n) is 6.99. The first-order valence-electron chi connectivity index (χ1n) is 12.2. The van der Waals surface area contributed by atoms with Crippen LogP contribution >= 0.6 is 0 Å². The van der Waals surface area contributed by atoms with Gasteiger partial charge in [0.1, 0.15) is 47.7 Å². The molecule has 218 valence electrons. The van der Waals surface area contributed by atoms with E-state index in [0.717, 1.165) is 18.5 Å². The second kappa shape index (κ2) is 10.8. The fourth-order valence-electron chi connectivity index (χ4n) is 4.91. The lowest BCUT2D eigenvalue weighted by Crippen LogP contribution is -2.42. The molecular formula is C24H25F2N7O7S. The van der Waals surface area contributed by atoms with Crippen LogP contribution in [0.5, 0.6) is 0 Å². The Hall–Kier alpha value is -3.92. The number of aliphatic carboxylic acids is 1. The number of carboxylic acids is 1. The molecule has 2 aliphatic rings. The first-order valence-corrected chi connectivity index (χ1v) is 13.8. The number of aliphatic hydroxyl groups excluding tert-OH is 2. The number of hydrogen-bond donors (Lipinski definition) is 6. The number of halogens is 2. The molecule has 8 N–H and O–H groups in total. The number of carbonyl (C=O) groups is 1. The van der Waals surface area contributed by atoms with Crippen LogP contribution in [0.15, 0.2) is 24.7 Å². The summed E-state index contributed by atoms with van der Waals surface area (Å²) in [6, 6.07) is 2.16. The Morgan fingerprint density at radius 2 is 1.90 bits per heavy atom. The van der Waals surface area contributed by atoms with Gasteiger partial charge in [-0.05, 0) is 18.6 Å². The number of aromatic nitrogens is 3. The van der Waals surface area contributed by atoms with E-state index >= 15 is 0 Å². The first kappa shape index (κ1) is 28.6. The molecule has 2 saturated heterocycles. The standard InChI is InChI=1S/C24H25F2N7O7S/c25-15-5-13(32-4-3-12(8-32)24(36)37)6-16(26)14(15)2-1-11-9-33(22-18(11)21(27)29-10-30-22)23-20(35)19(34)17(40-23)7-31-41(28,38)39/h5-6,9-10,12,17,19-20,23,31,34-35H,3-4,7-8H2,(H,36,37)(H2,27,29,30)(H2,28,38,39)/t12?,17-,19-,20-,23-/m1/s1. The molecule has 0 aliphatic carbocycles. The number of carboxylic acid groups (broad SMARTS) is 1. The summed E-state index contributed by atoms with van der Waals surface area (Å²) in [4.78, 5) is 20.9. The Bertz CT molecular complexity index is 1670. The van der Waals surface area contributed by atoms with Gasteiger partial charge in [-0.2, -0.15) is 13.1 Å². The number of rotatable bonds is 6. The summed E-state index contributed by atoms with van der Waals surface area (Å²) in [6.45, 7) is 0.0304. The Labute approximate surface area is 231 Å². The van der Waals surface area contributed by atoms with E-state index in [1.165, 1.54) is 10.8 Å². The van der Waals surface area contributed by atoms with Gasteiger partial charge in [0, 0.05) is 31.5 Å². The molecule has 0 saturated carbocycles. The van der Waals surface area contributed by atoms with E-state index in [2.05, 4.69) is 21.8 Å². The minimum absolute atomic E-state index is 0.0307. The Kier molecular flexibility index (Phi) is 7.54. The predicted molar refractivity (Wildman–Crippen MR) is 139 cm³/mol. The highest BCUT2D eigenvalue weighted by molar-refractivity contribution is 7.87. The summed E-state index contributed by atoms with van der Waals surface area (Å²) >= 11 is 0. The van der Waals surface area contributed by atoms with Crippen molar-refractivity contribution < 1.29 is 42.0 Å². The molecule has 2 aromatic heterocycles. The fourth-order valence-corrected chi connectivity index (χ4v) is 5.31. The second-order valence-electron chi connectivity index (χ2n) is 9.65. The van der Waals surface area contributed by atoms with Crippen LogP contribution in [-0.4, -0.2) is 82.2 Å². The van der Waals surface area contributed by atoms with Gasteiger partial charge in [0.2, 0.25) is 0 Å². The van der Waals surface area contributed by atoms with Gasteiger partial charge in [0.05, 0.1) is 22.4 Å². The molecule has 3 aromatic rings. The minimum atomic E-state index is -4.10. The van der Waals surface area contributed by atoms with E-state index in [9.17, 15) is 37.3 Å². The summed E-state index contributed by atoms with van der Waals surface area (Å²) in [6.07, 6.45) is -2.66. The zero-order valence-electron chi connectivity index (χ0n) is 21.1. The zero-order valence-corrected chi connectivity index (χ0v) is 21.9. The van der Waals surface area contributed by atoms with Crippen molar-refractivity contribution in [3.63, 3.8) is 0 Å². The average Bonchev–Trinajstić information content (AvgIpc) is 3.60. The van der Waals surface area contributed by atoms with Crippen molar-refractivity contribution >= 4 is 38.7 Å². The highest BCUT2D eigenvalue weighted by Crippen LogP contribution is 2.34. The fraction of sp³-hybridized carbons (Fsp3) is 0.375. The van der Waals surface area contributed by atoms with E-state index in [1.807, 2.05) is 4.72 Å². The van der Waals surface area contributed by atoms with Crippen molar-refractivity contribution in [2.24, 2.45) is 11.1 Å². The number of aliphatic hydroxyl groups is 2. The molecule has 1 aromatic carbocycles. The molecule has 4 heterocycles. The summed E-state index contributed by atoms with van der Waals surface area (Å²) < 4.78 is 61.4. The van der Waals surface area contributed by atoms with Crippen molar-refractivity contribution in [1.29, 1.82) is 0 Å². The van der Waals surface area contributed by atoms with Crippen LogP contribution in [0.25, 0.3) is 11.0 Å². The van der Waals surface area contributed by atoms with Gasteiger partial charge in [-0.1, -0.05) is 11.8 Å². The number of anilines is 2. The lowest BCUT2D eigenvalue weighted by atomic mass is 10.1. The quantitative estimate of drug-likeness (QED) is 0.191. The molecule has 14 nitrogen and oxygen atoms in total. The second-order valence-corrected chi connectivity index (χ2v) is 11.0. The number of nitrogens with one attached hydrogen (secondary N) is 1. The van der Waals surface area contributed by atoms with Crippen LogP contribution < -0.4 is 20.5 Å². The van der Waals surface area contributed by atoms with Gasteiger partial charge < -0.3 is 35.3 Å². The van der Waals surface area contributed by atoms with Crippen LogP contribution in [0, 0.1) is 29.4 Å². The molecule has 0 spiro atoms. The topological polar surface area (TPSA) is 219 Å². The molecule has 17 heteroatoms. The maximum atomic E-state index is 15.0. The predicted octanol–water partition coefficient (Wildman–Crippen LogP) is -0.985. The van der Waals surface area contributed by atoms with Crippen LogP contribution in [0.3, 0.4) is 0 Å². The number of hydrogen-bond acceptors (Lipinski definition) is 10. The SMILES string of the molecule is Nc1ncnc2c1c(C#Cc1c(F)cc(N3CCC(C(=O)O)C3)cc1F)cn2[C@@H]1O[C@H](CNS(N)(=O)=O)[C@@H](O)[C@H]1O. The van der Waals surface area contributed by atoms with E-state index in [-0.39, 0.29) is 34.6 Å². The number of nitrogens with two attached hydrogens (primary N) is 2. The van der Waals surface area contributed by atoms with Crippen molar-refractivity contribution in [2.75, 3.05) is 30.3 Å². The van der Waals surface area contributed by atoms with Crippen LogP contribution in [0.4, 0.5) is 20.3 Å². The number of nitrogen functional groups attached to an aromatic ring is 1. The van der Waals surface area contributed by atoms with E-state index in [0.29, 0.717) is 13.0 Å². The van der Waals surface area contributed by atoms with Crippen molar-refractivity contribution in [3.05, 3.63) is 47.4 Å². The lowest BCUT2D eigenvalue weighted by Gasteiger charge is -2.18. The molecule has 41 heavy (non-hydrogen) atoms. The average molecular weight is 594 g/mol. The van der Waals surface area contributed by atoms with Gasteiger partial charge in [-0.25, -0.2) is 23.9 Å². The molecule has 0 amide bonds. The monoisotopic (exact) mass is 593 g/mol. The minimum Gasteiger partial charge on any atom is -0.481 e. The molecule has 0 bridgehead atoms. The van der Waals surface area contributed by atoms with Crippen molar-refractivity contribution in [2.45, 2.75) is 31.0 Å². The van der Waals surface area contributed by atoms with Crippen LogP contribution in [-0.2, 0) is 19.7 Å². The van der Waals surface area contributed by atoms with Gasteiger partial charge in [-0.15, -0.1) is 0 Å². The van der Waals surface area contributed by atoms with E-state index in [1.54, 1.807) is 4.90 Å². The third-order valence-corrected chi connectivity index (χ3v) is 7.56. The highest BCUT2D eigenvalue weighted by atomic mass is 32.2. The van der Waals surface area contributed by atoms with Gasteiger partial charge in [-0.3, -0.25) is 4.79 Å². The van der Waals surface area contributed by atoms with Crippen molar-refractivity contribution in [3.8, 4) is 11.8 Å². The smallest absolute Gasteiger partial charge is 0.308 e. The summed E-state index contributed by atoms with van der Waals surface area (Å²) in [5.74, 6) is 1.56. The molecule has 0 radical (unpaired) electrons. The molecular weight excluding hydrogens is 568 g/mol. The molecule has 5 atom stereocenters. The Morgan fingerprint density at radius 1 is 1.20 bits per heavy atom. The normalized spacial score (nSPS) is 24.5. The number of benzene rings is 1. The summed E-state index contributed by atoms with van der Waals surface area (Å²) in [7, 11) is -4.10. The maximum Gasteiger partial charge on any atom is 0.308 e. The Morgan fingerprint density at radius 3 is 2.54 bits per heavy atom. The summed E-state index contributed by atoms with van der Waals surface area (Å²) in [5, 5.41) is 35.4. The molecule has 5 rings (SSSR count). The van der Waals surface area contributed by atoms with Gasteiger partial charge >= 0.3 is 5.97 Å². The Balaban J connectivity index is 1.47. The molecule has 2 fully saturated rings. The van der Waals surface area contributed by atoms with E-state index in [4.69, 9.17) is 15.6 Å². The number of nitrogens with zero attached hydrogens (tertiary/aromatic N) is 4. The lowest BCUT2D eigenvalue weighted by molar-refractivity contribution is -0.140. The van der Waals surface area contributed by atoms with Crippen LogP contribution in [0.2, 0.25) is 0 Å². The molecule has 2 aliphatic heterocycles. The van der Waals surface area contributed by atoms with Crippen LogP contribution in [0.1, 0.15) is 23.8 Å². The summed E-state index contributed by atoms with van der Waals surface area (Å²) in [5.41, 5.74) is 5.94. The highest BCUT2D eigenvalue weighted by Gasteiger charge is 2.44. The van der Waals surface area contributed by atoms with E-state index < -0.39 is 70.4 Å². The van der Waals surface area contributed by atoms with Gasteiger partial charge in [0.15, 0.2) is 6.23 Å². The number of fused-ring (bicyclic) bond motifs is 1. The zero-order chi connectivity index (χ0) is 29.6.